The van der Waals surface area contributed by atoms with Crippen molar-refractivity contribution in [1.29, 1.82) is 0 Å². The third-order valence-corrected chi connectivity index (χ3v) is 7.10. The first-order chi connectivity index (χ1) is 15.6. The lowest BCUT2D eigenvalue weighted by atomic mass is 10.1. The van der Waals surface area contributed by atoms with E-state index in [0.717, 1.165) is 41.6 Å². The lowest BCUT2D eigenvalue weighted by Crippen LogP contribution is -2.23. The fourth-order valence-electron chi connectivity index (χ4n) is 3.31. The molecule has 1 atom stereocenters. The highest BCUT2D eigenvalue weighted by Crippen LogP contribution is 2.25. The summed E-state index contributed by atoms with van der Waals surface area (Å²) in [5.41, 5.74) is 3.23. The largest absolute Gasteiger partial charge is 0.325 e. The monoisotopic (exact) mass is 462 g/mol. The number of nitrogens with zero attached hydrogens (tertiary/aromatic N) is 3. The first kappa shape index (κ1) is 22.3. The van der Waals surface area contributed by atoms with E-state index in [4.69, 9.17) is 0 Å². The number of nitrogens with one attached hydrogen (secondary N) is 1. The van der Waals surface area contributed by atoms with Gasteiger partial charge in [0, 0.05) is 23.5 Å². The molecule has 4 rings (SSSR count). The Morgan fingerprint density at radius 2 is 1.84 bits per heavy atom. The number of aromatic nitrogens is 3. The van der Waals surface area contributed by atoms with E-state index in [2.05, 4.69) is 61.9 Å². The number of carbonyl (C=O) groups excluding carboxylic acids is 1. The minimum atomic E-state index is -0.300. The van der Waals surface area contributed by atoms with Crippen LogP contribution in [0.5, 0.6) is 0 Å². The van der Waals surface area contributed by atoms with Crippen LogP contribution in [0.15, 0.2) is 77.3 Å². The lowest BCUT2D eigenvalue weighted by Gasteiger charge is -2.14. The number of carbonyl (C=O) groups is 1. The minimum absolute atomic E-state index is 0.0451. The molecule has 0 radical (unpaired) electrons. The number of benzene rings is 2. The van der Waals surface area contributed by atoms with Gasteiger partial charge in [0.05, 0.1) is 5.25 Å². The lowest BCUT2D eigenvalue weighted by molar-refractivity contribution is -0.115. The van der Waals surface area contributed by atoms with Crippen LogP contribution in [0.4, 0.5) is 5.69 Å². The number of hydrogen-bond donors (Lipinski definition) is 1. The Balaban J connectivity index is 1.49. The third kappa shape index (κ3) is 5.87. The predicted octanol–water partition coefficient (Wildman–Crippen LogP) is 5.60. The summed E-state index contributed by atoms with van der Waals surface area (Å²) in [5, 5.41) is 14.5. The number of anilines is 1. The van der Waals surface area contributed by atoms with Crippen molar-refractivity contribution in [2.75, 3.05) is 5.32 Å². The summed E-state index contributed by atoms with van der Waals surface area (Å²) in [6.07, 6.45) is 1.62. The Morgan fingerprint density at radius 1 is 1.06 bits per heavy atom. The molecule has 1 amide bonds. The quantitative estimate of drug-likeness (QED) is 0.329. The van der Waals surface area contributed by atoms with Gasteiger partial charge in [0.25, 0.3) is 0 Å². The van der Waals surface area contributed by atoms with Gasteiger partial charge in [0.1, 0.15) is 5.82 Å². The van der Waals surface area contributed by atoms with Crippen molar-refractivity contribution in [1.82, 2.24) is 14.8 Å². The Bertz CT molecular complexity index is 1140. The molecular weight excluding hydrogens is 436 g/mol. The summed E-state index contributed by atoms with van der Waals surface area (Å²) in [5.74, 6) is 0.883. The molecule has 1 unspecified atom stereocenters. The number of hydrogen-bond acceptors (Lipinski definition) is 5. The Kier molecular flexibility index (Phi) is 7.39. The van der Waals surface area contributed by atoms with Gasteiger partial charge in [-0.25, -0.2) is 0 Å². The molecule has 7 heteroatoms. The number of thioether (sulfide) groups is 1. The molecule has 164 valence electrons. The van der Waals surface area contributed by atoms with Crippen LogP contribution in [0.1, 0.15) is 28.8 Å². The smallest absolute Gasteiger partial charge is 0.237 e. The van der Waals surface area contributed by atoms with Crippen molar-refractivity contribution in [2.24, 2.45) is 0 Å². The minimum Gasteiger partial charge on any atom is -0.325 e. The Labute approximate surface area is 196 Å². The summed E-state index contributed by atoms with van der Waals surface area (Å²) in [6.45, 7) is 4.70. The molecule has 0 saturated carbocycles. The van der Waals surface area contributed by atoms with Gasteiger partial charge in [-0.3, -0.25) is 4.79 Å². The molecule has 1 N–H and O–H groups in total. The van der Waals surface area contributed by atoms with Gasteiger partial charge in [-0.1, -0.05) is 65.9 Å². The maximum absolute atomic E-state index is 12.8. The molecule has 0 bridgehead atoms. The van der Waals surface area contributed by atoms with Gasteiger partial charge in [-0.15, -0.1) is 21.5 Å². The summed E-state index contributed by atoms with van der Waals surface area (Å²) < 4.78 is 2.16. The molecule has 0 fully saturated rings. The van der Waals surface area contributed by atoms with Crippen molar-refractivity contribution >= 4 is 34.7 Å². The highest BCUT2D eigenvalue weighted by Gasteiger charge is 2.20. The van der Waals surface area contributed by atoms with E-state index < -0.39 is 0 Å². The number of rotatable bonds is 9. The van der Waals surface area contributed by atoms with Gasteiger partial charge in [0.2, 0.25) is 5.91 Å². The maximum Gasteiger partial charge on any atom is 0.237 e. The molecule has 2 heterocycles. The second-order valence-corrected chi connectivity index (χ2v) is 10.00. The van der Waals surface area contributed by atoms with Crippen LogP contribution in [-0.4, -0.2) is 25.9 Å². The van der Waals surface area contributed by atoms with E-state index >= 15 is 0 Å². The Morgan fingerprint density at radius 3 is 2.56 bits per heavy atom. The normalized spacial score (nSPS) is 11.9. The molecule has 32 heavy (non-hydrogen) atoms. The molecule has 2 aromatic heterocycles. The number of amides is 1. The van der Waals surface area contributed by atoms with E-state index in [0.29, 0.717) is 0 Å². The van der Waals surface area contributed by atoms with E-state index in [-0.39, 0.29) is 11.2 Å². The zero-order valence-corrected chi connectivity index (χ0v) is 19.8. The summed E-state index contributed by atoms with van der Waals surface area (Å²) in [7, 11) is 0. The second kappa shape index (κ2) is 10.6. The topological polar surface area (TPSA) is 59.8 Å². The Hall–Kier alpha value is -2.90. The van der Waals surface area contributed by atoms with Crippen molar-refractivity contribution in [3.63, 3.8) is 0 Å². The molecular formula is C25H26N4OS2. The van der Waals surface area contributed by atoms with Crippen LogP contribution < -0.4 is 5.32 Å². The van der Waals surface area contributed by atoms with Crippen molar-refractivity contribution in [3.8, 4) is 0 Å². The van der Waals surface area contributed by atoms with E-state index in [1.54, 1.807) is 11.3 Å². The van der Waals surface area contributed by atoms with Gasteiger partial charge in [0.15, 0.2) is 5.16 Å². The molecule has 0 aliphatic carbocycles. The highest BCUT2D eigenvalue weighted by molar-refractivity contribution is 8.00. The van der Waals surface area contributed by atoms with Crippen LogP contribution in [0.25, 0.3) is 0 Å². The average molecular weight is 463 g/mol. The van der Waals surface area contributed by atoms with Gasteiger partial charge in [-0.05, 0) is 49.4 Å². The SMILES string of the molecule is Cc1ccc(NC(=O)C(C)Sc2nnc(Cc3cccs3)n2CCc2ccccc2)cc1. The summed E-state index contributed by atoms with van der Waals surface area (Å²) >= 11 is 3.17. The second-order valence-electron chi connectivity index (χ2n) is 7.66. The van der Waals surface area contributed by atoms with Gasteiger partial charge in [-0.2, -0.15) is 0 Å². The van der Waals surface area contributed by atoms with Crippen LogP contribution in [0.2, 0.25) is 0 Å². The first-order valence-corrected chi connectivity index (χ1v) is 12.4. The third-order valence-electron chi connectivity index (χ3n) is 5.14. The molecule has 2 aromatic carbocycles. The molecule has 0 spiro atoms. The summed E-state index contributed by atoms with van der Waals surface area (Å²) in [4.78, 5) is 14.0. The molecule has 5 nitrogen and oxygen atoms in total. The summed E-state index contributed by atoms with van der Waals surface area (Å²) in [6, 6.07) is 22.4. The average Bonchev–Trinajstić information content (AvgIpc) is 3.45. The van der Waals surface area contributed by atoms with Crippen molar-refractivity contribution in [2.45, 2.75) is 43.6 Å². The molecule has 0 saturated heterocycles. The molecule has 0 aliphatic rings. The van der Waals surface area contributed by atoms with Crippen molar-refractivity contribution < 1.29 is 4.79 Å². The maximum atomic E-state index is 12.8. The van der Waals surface area contributed by atoms with E-state index in [9.17, 15) is 4.79 Å². The van der Waals surface area contributed by atoms with Crippen LogP contribution in [-0.2, 0) is 24.2 Å². The van der Waals surface area contributed by atoms with Crippen LogP contribution in [0, 0.1) is 6.92 Å². The van der Waals surface area contributed by atoms with Crippen LogP contribution >= 0.6 is 23.1 Å². The van der Waals surface area contributed by atoms with Gasteiger partial charge >= 0.3 is 0 Å². The fourth-order valence-corrected chi connectivity index (χ4v) is 4.90. The molecule has 0 aliphatic heterocycles. The van der Waals surface area contributed by atoms with E-state index in [1.807, 2.05) is 44.2 Å². The predicted molar refractivity (Wildman–Crippen MR) is 132 cm³/mol. The zero-order chi connectivity index (χ0) is 22.3. The highest BCUT2D eigenvalue weighted by atomic mass is 32.2. The van der Waals surface area contributed by atoms with Gasteiger partial charge < -0.3 is 9.88 Å². The fraction of sp³-hybridized carbons (Fsp3) is 0.240. The zero-order valence-electron chi connectivity index (χ0n) is 18.2. The van der Waals surface area contributed by atoms with E-state index in [1.165, 1.54) is 22.2 Å². The van der Waals surface area contributed by atoms with Crippen LogP contribution in [0.3, 0.4) is 0 Å². The first-order valence-electron chi connectivity index (χ1n) is 10.6. The van der Waals surface area contributed by atoms with Crippen molar-refractivity contribution in [3.05, 3.63) is 93.9 Å². The molecule has 4 aromatic rings. The number of aryl methyl sites for hydroxylation is 2. The number of thiophene rings is 1. The standard InChI is InChI=1S/C25H26N4OS2/c1-18-10-12-21(13-11-18)26-24(30)19(2)32-25-28-27-23(17-22-9-6-16-31-22)29(25)15-14-20-7-4-3-5-8-20/h3-13,16,19H,14-15,17H2,1-2H3,(H,26,30).